The monoisotopic (exact) mass is 310 g/mol. The molecule has 0 aliphatic carbocycles. The highest BCUT2D eigenvalue weighted by Crippen LogP contribution is 2.25. The minimum atomic E-state index is 0.334. The summed E-state index contributed by atoms with van der Waals surface area (Å²) in [5, 5.41) is 3.45. The molecule has 0 aromatic heterocycles. The second-order valence-electron chi connectivity index (χ2n) is 5.68. The van der Waals surface area contributed by atoms with Crippen LogP contribution >= 0.6 is 15.9 Å². The van der Waals surface area contributed by atoms with Gasteiger partial charge >= 0.3 is 0 Å². The molecule has 0 radical (unpaired) electrons. The molecule has 18 heavy (non-hydrogen) atoms. The molecule has 1 aromatic rings. The summed E-state index contributed by atoms with van der Waals surface area (Å²) in [4.78, 5) is 2.55. The van der Waals surface area contributed by atoms with Crippen LogP contribution in [0.1, 0.15) is 30.9 Å². The summed E-state index contributed by atoms with van der Waals surface area (Å²) in [7, 11) is 2.08. The second kappa shape index (κ2) is 5.72. The average molecular weight is 311 g/mol. The molecular formula is C15H23BrN2. The fourth-order valence-electron chi connectivity index (χ4n) is 2.48. The van der Waals surface area contributed by atoms with E-state index in [1.165, 1.54) is 41.5 Å². The zero-order valence-corrected chi connectivity index (χ0v) is 13.2. The van der Waals surface area contributed by atoms with Gasteiger partial charge in [0, 0.05) is 29.6 Å². The van der Waals surface area contributed by atoms with Gasteiger partial charge in [-0.2, -0.15) is 0 Å². The van der Waals surface area contributed by atoms with Crippen molar-refractivity contribution >= 4 is 15.9 Å². The van der Waals surface area contributed by atoms with Crippen molar-refractivity contribution in [2.45, 2.75) is 38.8 Å². The van der Waals surface area contributed by atoms with Gasteiger partial charge < -0.3 is 5.32 Å². The summed E-state index contributed by atoms with van der Waals surface area (Å²) in [6, 6.07) is 6.64. The number of piperidine rings is 1. The number of benzene rings is 1. The Morgan fingerprint density at radius 3 is 2.56 bits per heavy atom. The van der Waals surface area contributed by atoms with Gasteiger partial charge in [-0.25, -0.2) is 0 Å². The molecule has 2 nitrogen and oxygen atoms in total. The lowest BCUT2D eigenvalue weighted by Gasteiger charge is -2.39. The fourth-order valence-corrected chi connectivity index (χ4v) is 3.09. The molecule has 100 valence electrons. The van der Waals surface area contributed by atoms with Crippen LogP contribution in [-0.2, 0) is 6.54 Å². The van der Waals surface area contributed by atoms with Gasteiger partial charge in [0.15, 0.2) is 0 Å². The SMILES string of the molecule is CNC1(C)CCN(Cc2ccc(C)cc2Br)CC1. The molecule has 3 heteroatoms. The van der Waals surface area contributed by atoms with Crippen LogP contribution in [-0.4, -0.2) is 30.6 Å². The smallest absolute Gasteiger partial charge is 0.0244 e. The lowest BCUT2D eigenvalue weighted by molar-refractivity contribution is 0.146. The van der Waals surface area contributed by atoms with Gasteiger partial charge in [-0.1, -0.05) is 28.1 Å². The maximum atomic E-state index is 3.67. The molecule has 0 spiro atoms. The van der Waals surface area contributed by atoms with Crippen molar-refractivity contribution < 1.29 is 0 Å². The van der Waals surface area contributed by atoms with Crippen LogP contribution in [0, 0.1) is 6.92 Å². The molecule has 0 bridgehead atoms. The van der Waals surface area contributed by atoms with Crippen LogP contribution < -0.4 is 5.32 Å². The summed E-state index contributed by atoms with van der Waals surface area (Å²) in [5.74, 6) is 0. The van der Waals surface area contributed by atoms with Gasteiger partial charge in [0.2, 0.25) is 0 Å². The van der Waals surface area contributed by atoms with E-state index in [9.17, 15) is 0 Å². The Morgan fingerprint density at radius 1 is 1.33 bits per heavy atom. The molecule has 1 saturated heterocycles. The summed E-state index contributed by atoms with van der Waals surface area (Å²) < 4.78 is 1.24. The number of hydrogen-bond acceptors (Lipinski definition) is 2. The number of aryl methyl sites for hydroxylation is 1. The number of hydrogen-bond donors (Lipinski definition) is 1. The normalized spacial score (nSPS) is 20.0. The van der Waals surface area contributed by atoms with Gasteiger partial charge in [0.05, 0.1) is 0 Å². The quantitative estimate of drug-likeness (QED) is 0.921. The molecule has 0 saturated carbocycles. The Kier molecular flexibility index (Phi) is 4.46. The Balaban J connectivity index is 1.95. The van der Waals surface area contributed by atoms with Gasteiger partial charge in [-0.15, -0.1) is 0 Å². The average Bonchev–Trinajstić information content (AvgIpc) is 2.36. The fraction of sp³-hybridized carbons (Fsp3) is 0.600. The standard InChI is InChI=1S/C15H23BrN2/c1-12-4-5-13(14(16)10-12)11-18-8-6-15(2,17-3)7-9-18/h4-5,10,17H,6-9,11H2,1-3H3. The first kappa shape index (κ1) is 14.0. The number of rotatable bonds is 3. The Morgan fingerprint density at radius 2 is 2.00 bits per heavy atom. The third kappa shape index (κ3) is 3.34. The maximum Gasteiger partial charge on any atom is 0.0244 e. The van der Waals surface area contributed by atoms with Crippen molar-refractivity contribution in [3.05, 3.63) is 33.8 Å². The molecule has 1 aromatic carbocycles. The predicted molar refractivity (Wildman–Crippen MR) is 80.9 cm³/mol. The van der Waals surface area contributed by atoms with Crippen LogP contribution in [0.3, 0.4) is 0 Å². The minimum Gasteiger partial charge on any atom is -0.314 e. The molecular weight excluding hydrogens is 288 g/mol. The highest BCUT2D eigenvalue weighted by Gasteiger charge is 2.28. The van der Waals surface area contributed by atoms with Gasteiger partial charge in [0.1, 0.15) is 0 Å². The molecule has 0 amide bonds. The first-order valence-electron chi connectivity index (χ1n) is 6.69. The summed E-state index contributed by atoms with van der Waals surface area (Å²) in [5.41, 5.74) is 3.04. The Labute approximate surface area is 119 Å². The van der Waals surface area contributed by atoms with E-state index in [-0.39, 0.29) is 0 Å². The minimum absolute atomic E-state index is 0.334. The van der Waals surface area contributed by atoms with E-state index in [2.05, 4.69) is 65.2 Å². The predicted octanol–water partition coefficient (Wildman–Crippen LogP) is 3.33. The largest absolute Gasteiger partial charge is 0.314 e. The molecule has 2 rings (SSSR count). The summed E-state index contributed by atoms with van der Waals surface area (Å²) in [6.45, 7) is 7.87. The Bertz CT molecular complexity index is 409. The van der Waals surface area contributed by atoms with Crippen molar-refractivity contribution in [3.63, 3.8) is 0 Å². The van der Waals surface area contributed by atoms with Gasteiger partial charge in [-0.3, -0.25) is 4.90 Å². The zero-order chi connectivity index (χ0) is 13.2. The lowest BCUT2D eigenvalue weighted by atomic mass is 9.90. The first-order valence-corrected chi connectivity index (χ1v) is 7.48. The molecule has 0 atom stereocenters. The number of nitrogens with one attached hydrogen (secondary N) is 1. The van der Waals surface area contributed by atoms with Gasteiger partial charge in [-0.05, 0) is 50.9 Å². The van der Waals surface area contributed by atoms with E-state index < -0.39 is 0 Å². The van der Waals surface area contributed by atoms with Crippen LogP contribution in [0.2, 0.25) is 0 Å². The van der Waals surface area contributed by atoms with E-state index in [1.807, 2.05) is 0 Å². The topological polar surface area (TPSA) is 15.3 Å². The maximum absolute atomic E-state index is 3.67. The second-order valence-corrected chi connectivity index (χ2v) is 6.54. The van der Waals surface area contributed by atoms with E-state index in [4.69, 9.17) is 0 Å². The van der Waals surface area contributed by atoms with Crippen molar-refractivity contribution in [2.24, 2.45) is 0 Å². The molecule has 0 unspecified atom stereocenters. The van der Waals surface area contributed by atoms with Crippen LogP contribution in [0.25, 0.3) is 0 Å². The number of halogens is 1. The number of likely N-dealkylation sites (tertiary alicyclic amines) is 1. The molecule has 1 fully saturated rings. The van der Waals surface area contributed by atoms with E-state index in [1.54, 1.807) is 0 Å². The Hall–Kier alpha value is -0.380. The third-order valence-corrected chi connectivity index (χ3v) is 4.90. The van der Waals surface area contributed by atoms with Crippen LogP contribution in [0.15, 0.2) is 22.7 Å². The van der Waals surface area contributed by atoms with Crippen LogP contribution in [0.4, 0.5) is 0 Å². The van der Waals surface area contributed by atoms with Crippen molar-refractivity contribution in [1.29, 1.82) is 0 Å². The van der Waals surface area contributed by atoms with Crippen molar-refractivity contribution in [1.82, 2.24) is 10.2 Å². The van der Waals surface area contributed by atoms with E-state index >= 15 is 0 Å². The van der Waals surface area contributed by atoms with E-state index in [0.717, 1.165) is 6.54 Å². The highest BCUT2D eigenvalue weighted by atomic mass is 79.9. The van der Waals surface area contributed by atoms with Gasteiger partial charge in [0.25, 0.3) is 0 Å². The summed E-state index contributed by atoms with van der Waals surface area (Å²) in [6.07, 6.45) is 2.46. The molecule has 1 aliphatic rings. The van der Waals surface area contributed by atoms with Crippen molar-refractivity contribution in [2.75, 3.05) is 20.1 Å². The molecule has 1 aliphatic heterocycles. The zero-order valence-electron chi connectivity index (χ0n) is 11.6. The summed E-state index contributed by atoms with van der Waals surface area (Å²) >= 11 is 3.67. The van der Waals surface area contributed by atoms with E-state index in [0.29, 0.717) is 5.54 Å². The number of nitrogens with zero attached hydrogens (tertiary/aromatic N) is 1. The highest BCUT2D eigenvalue weighted by molar-refractivity contribution is 9.10. The first-order chi connectivity index (χ1) is 8.52. The van der Waals surface area contributed by atoms with Crippen LogP contribution in [0.5, 0.6) is 0 Å². The third-order valence-electron chi connectivity index (χ3n) is 4.17. The lowest BCUT2D eigenvalue weighted by Crippen LogP contribution is -2.49. The molecule has 1 N–H and O–H groups in total. The van der Waals surface area contributed by atoms with Crippen molar-refractivity contribution in [3.8, 4) is 0 Å². The molecule has 1 heterocycles.